The topological polar surface area (TPSA) is 45.1 Å². The molecule has 0 aromatic heterocycles. The van der Waals surface area contributed by atoms with Crippen molar-refractivity contribution < 1.29 is 9.53 Å². The molecule has 0 aromatic rings. The van der Waals surface area contributed by atoms with Gasteiger partial charge in [-0.1, -0.05) is 19.9 Å². The van der Waals surface area contributed by atoms with Crippen molar-refractivity contribution in [3.05, 3.63) is 35.3 Å². The number of nitrogens with zero attached hydrogens (tertiary/aromatic N) is 3. The number of aliphatic imine (C=N–C) groups is 1. The highest BCUT2D eigenvalue weighted by Crippen LogP contribution is 2.31. The number of ether oxygens (including phenoxy) is 1. The third-order valence-corrected chi connectivity index (χ3v) is 5.74. The van der Waals surface area contributed by atoms with Crippen LogP contribution in [0.25, 0.3) is 0 Å². The zero-order valence-corrected chi connectivity index (χ0v) is 17.2. The van der Waals surface area contributed by atoms with Crippen molar-refractivity contribution in [3.63, 3.8) is 0 Å². The molecule has 0 N–H and O–H groups in total. The zero-order chi connectivity index (χ0) is 19.4. The molecule has 2 fully saturated rings. The minimum atomic E-state index is -0.0848. The maximum Gasteiger partial charge on any atom is 0.300 e. The van der Waals surface area contributed by atoms with Gasteiger partial charge < -0.3 is 9.64 Å². The average Bonchev–Trinajstić information content (AvgIpc) is 2.98. The molecule has 5 heteroatoms. The summed E-state index contributed by atoms with van der Waals surface area (Å²) < 4.78 is 5.86. The van der Waals surface area contributed by atoms with E-state index in [1.54, 1.807) is 4.90 Å². The van der Waals surface area contributed by atoms with Crippen molar-refractivity contribution in [2.24, 2.45) is 10.9 Å². The van der Waals surface area contributed by atoms with Crippen molar-refractivity contribution >= 4 is 11.9 Å². The highest BCUT2D eigenvalue weighted by Gasteiger charge is 2.34. The molecule has 3 aliphatic rings. The molecular weight excluding hydrogens is 338 g/mol. The first-order chi connectivity index (χ1) is 13.0. The van der Waals surface area contributed by atoms with Crippen molar-refractivity contribution in [1.29, 1.82) is 0 Å². The van der Waals surface area contributed by atoms with Gasteiger partial charge >= 0.3 is 6.02 Å². The highest BCUT2D eigenvalue weighted by molar-refractivity contribution is 6.09. The molecule has 5 nitrogen and oxygen atoms in total. The van der Waals surface area contributed by atoms with E-state index in [1.165, 1.54) is 38.0 Å². The summed E-state index contributed by atoms with van der Waals surface area (Å²) >= 11 is 0. The predicted octanol–water partition coefficient (Wildman–Crippen LogP) is 4.24. The largest absolute Gasteiger partial charge is 0.420 e. The fourth-order valence-corrected chi connectivity index (χ4v) is 3.78. The molecule has 1 aliphatic carbocycles. The number of hydrogen-bond acceptors (Lipinski definition) is 4. The van der Waals surface area contributed by atoms with E-state index < -0.39 is 0 Å². The Kier molecular flexibility index (Phi) is 6.40. The van der Waals surface area contributed by atoms with Crippen LogP contribution in [0.4, 0.5) is 0 Å². The first-order valence-corrected chi connectivity index (χ1v) is 10.5. The number of likely N-dealkylation sites (N-methyl/N-ethyl adjacent to an activating group) is 1. The lowest BCUT2D eigenvalue weighted by Gasteiger charge is -2.34. The first-order valence-electron chi connectivity index (χ1n) is 10.5. The van der Waals surface area contributed by atoms with Crippen LogP contribution in [0.2, 0.25) is 0 Å². The van der Waals surface area contributed by atoms with Gasteiger partial charge in [0.25, 0.3) is 5.91 Å². The van der Waals surface area contributed by atoms with Gasteiger partial charge in [0.15, 0.2) is 5.76 Å². The fourth-order valence-electron chi connectivity index (χ4n) is 3.78. The number of carbonyl (C=O) groups is 1. The monoisotopic (exact) mass is 371 g/mol. The Morgan fingerprint density at radius 1 is 1.26 bits per heavy atom. The number of likely N-dealkylation sites (tertiary alicyclic amines) is 1. The Morgan fingerprint density at radius 3 is 2.63 bits per heavy atom. The van der Waals surface area contributed by atoms with Crippen LogP contribution in [0.5, 0.6) is 0 Å². The molecular formula is C22H33N3O2. The Hall–Kier alpha value is -2.04. The normalized spacial score (nSPS) is 27.7. The number of allylic oxidation sites excluding steroid dienone is 5. The van der Waals surface area contributed by atoms with Crippen LogP contribution in [0.1, 0.15) is 59.8 Å². The molecule has 0 aromatic carbocycles. The van der Waals surface area contributed by atoms with Crippen molar-refractivity contribution in [3.8, 4) is 0 Å². The summed E-state index contributed by atoms with van der Waals surface area (Å²) in [4.78, 5) is 21.4. The van der Waals surface area contributed by atoms with Gasteiger partial charge in [0, 0.05) is 25.3 Å². The molecule has 2 atom stereocenters. The van der Waals surface area contributed by atoms with Gasteiger partial charge in [-0.15, -0.1) is 0 Å². The lowest BCUT2D eigenvalue weighted by molar-refractivity contribution is -0.122. The lowest BCUT2D eigenvalue weighted by atomic mass is 9.89. The summed E-state index contributed by atoms with van der Waals surface area (Å²) in [5.74, 6) is 0.687. The van der Waals surface area contributed by atoms with Crippen molar-refractivity contribution in [2.45, 2.75) is 65.8 Å². The van der Waals surface area contributed by atoms with Gasteiger partial charge in [0.2, 0.25) is 0 Å². The Bertz CT molecular complexity index is 684. The number of amidine groups is 1. The molecule has 0 saturated carbocycles. The highest BCUT2D eigenvalue weighted by atomic mass is 16.5. The van der Waals surface area contributed by atoms with E-state index in [9.17, 15) is 4.79 Å². The quantitative estimate of drug-likeness (QED) is 0.679. The second-order valence-corrected chi connectivity index (χ2v) is 7.81. The fraction of sp³-hybridized carbons (Fsp3) is 0.636. The van der Waals surface area contributed by atoms with Gasteiger partial charge in [-0.25, -0.2) is 4.99 Å². The van der Waals surface area contributed by atoms with Crippen LogP contribution in [-0.2, 0) is 9.53 Å². The summed E-state index contributed by atoms with van der Waals surface area (Å²) in [6, 6.07) is 0.584. The molecule has 148 valence electrons. The summed E-state index contributed by atoms with van der Waals surface area (Å²) in [7, 11) is 0. The van der Waals surface area contributed by atoms with Crippen molar-refractivity contribution in [1.82, 2.24) is 9.80 Å². The Balaban J connectivity index is 1.79. The molecule has 2 saturated heterocycles. The molecule has 3 rings (SSSR count). The van der Waals surface area contributed by atoms with E-state index in [0.29, 0.717) is 24.2 Å². The van der Waals surface area contributed by atoms with Gasteiger partial charge in [0.05, 0.1) is 6.04 Å². The summed E-state index contributed by atoms with van der Waals surface area (Å²) in [6.45, 7) is 11.2. The van der Waals surface area contributed by atoms with E-state index in [4.69, 9.17) is 4.74 Å². The van der Waals surface area contributed by atoms with Gasteiger partial charge in [0.1, 0.15) is 0 Å². The second-order valence-electron chi connectivity index (χ2n) is 7.81. The molecule has 0 spiro atoms. The number of rotatable bonds is 5. The molecule has 2 heterocycles. The minimum Gasteiger partial charge on any atom is -0.420 e. The standard InChI is InChI=1S/C22H33N3O2/c1-5-17(4)23-22-25(6-2)21(26)20(27-22)15-18-10-11-19(14-16(18)3)24-12-8-7-9-13-24/h10-11,15-17H,5-9,12-14H2,1-4H3/b20-15+,23-22?. The summed E-state index contributed by atoms with van der Waals surface area (Å²) in [5.41, 5.74) is 2.58. The molecule has 2 aliphatic heterocycles. The van der Waals surface area contributed by atoms with E-state index in [0.717, 1.165) is 18.4 Å². The van der Waals surface area contributed by atoms with Crippen molar-refractivity contribution in [2.75, 3.05) is 19.6 Å². The van der Waals surface area contributed by atoms with Crippen LogP contribution >= 0.6 is 0 Å². The lowest BCUT2D eigenvalue weighted by Crippen LogP contribution is -2.31. The summed E-state index contributed by atoms with van der Waals surface area (Å²) in [5, 5.41) is 0. The average molecular weight is 372 g/mol. The van der Waals surface area contributed by atoms with E-state index in [2.05, 4.69) is 35.9 Å². The van der Waals surface area contributed by atoms with Crippen LogP contribution in [0, 0.1) is 5.92 Å². The maximum atomic E-state index is 12.7. The first kappa shape index (κ1) is 19.7. The van der Waals surface area contributed by atoms with Crippen LogP contribution in [0.15, 0.2) is 40.2 Å². The van der Waals surface area contributed by atoms with Gasteiger partial charge in [-0.3, -0.25) is 9.69 Å². The molecule has 0 bridgehead atoms. The van der Waals surface area contributed by atoms with Gasteiger partial charge in [-0.05, 0) is 69.6 Å². The molecule has 0 radical (unpaired) electrons. The predicted molar refractivity (Wildman–Crippen MR) is 109 cm³/mol. The van der Waals surface area contributed by atoms with E-state index in [1.807, 2.05) is 19.9 Å². The number of carbonyl (C=O) groups excluding carboxylic acids is 1. The summed E-state index contributed by atoms with van der Waals surface area (Å²) in [6.07, 6.45) is 12.2. The third kappa shape index (κ3) is 4.45. The Labute approximate surface area is 163 Å². The maximum absolute atomic E-state index is 12.7. The van der Waals surface area contributed by atoms with Crippen LogP contribution in [-0.4, -0.2) is 47.4 Å². The van der Waals surface area contributed by atoms with E-state index >= 15 is 0 Å². The zero-order valence-electron chi connectivity index (χ0n) is 17.2. The molecule has 2 unspecified atom stereocenters. The second kappa shape index (κ2) is 8.77. The molecule has 27 heavy (non-hydrogen) atoms. The Morgan fingerprint density at radius 2 is 2.00 bits per heavy atom. The van der Waals surface area contributed by atoms with E-state index in [-0.39, 0.29) is 11.9 Å². The smallest absolute Gasteiger partial charge is 0.300 e. The van der Waals surface area contributed by atoms with Gasteiger partial charge in [-0.2, -0.15) is 0 Å². The minimum absolute atomic E-state index is 0.0848. The third-order valence-electron chi connectivity index (χ3n) is 5.74. The number of hydrogen-bond donors (Lipinski definition) is 0. The molecule has 1 amide bonds. The SMILES string of the molecule is CCC(C)N=C1O/C(=C/C2=CC=C(N3CCCCC3)CC2C)C(=O)N1CC. The van der Waals surface area contributed by atoms with Crippen LogP contribution < -0.4 is 0 Å². The van der Waals surface area contributed by atoms with Crippen LogP contribution in [0.3, 0.4) is 0 Å². The number of piperidine rings is 1. The number of amides is 1.